The third-order valence-electron chi connectivity index (χ3n) is 4.96. The first-order chi connectivity index (χ1) is 13.6. The number of hydrogen-bond donors (Lipinski definition) is 1. The van der Waals surface area contributed by atoms with Gasteiger partial charge in [-0.2, -0.15) is 0 Å². The molecule has 6 nitrogen and oxygen atoms in total. The Balaban J connectivity index is 1.80. The Labute approximate surface area is 179 Å². The maximum Gasteiger partial charge on any atom is 0.225 e. The highest BCUT2D eigenvalue weighted by molar-refractivity contribution is 9.10. The Morgan fingerprint density at radius 3 is 2.55 bits per heavy atom. The van der Waals surface area contributed by atoms with Gasteiger partial charge in [0, 0.05) is 30.0 Å². The summed E-state index contributed by atoms with van der Waals surface area (Å²) in [5.74, 6) is -0.899. The van der Waals surface area contributed by atoms with Gasteiger partial charge in [-0.15, -0.1) is 0 Å². The van der Waals surface area contributed by atoms with Gasteiger partial charge < -0.3 is 10.2 Å². The summed E-state index contributed by atoms with van der Waals surface area (Å²) in [4.78, 5) is 25.9. The highest BCUT2D eigenvalue weighted by Crippen LogP contribution is 2.38. The molecule has 0 radical (unpaired) electrons. The average molecular weight is 479 g/mol. The maximum absolute atomic E-state index is 13.0. The lowest BCUT2D eigenvalue weighted by molar-refractivity contribution is -0.117. The van der Waals surface area contributed by atoms with Crippen molar-refractivity contribution in [2.24, 2.45) is 0 Å². The number of sulfone groups is 1. The molecule has 3 rings (SSSR count). The second kappa shape index (κ2) is 8.28. The number of fused-ring (bicyclic) bond motifs is 1. The number of benzene rings is 2. The SMILES string of the molecule is CC(=O)N1CCc2cc(Br)cc(S(=O)(=O)CCC(=O)Nc3ccc(C)cc3C)c21. The van der Waals surface area contributed by atoms with Crippen LogP contribution < -0.4 is 10.2 Å². The van der Waals surface area contributed by atoms with Crippen molar-refractivity contribution in [1.82, 2.24) is 0 Å². The first-order valence-corrected chi connectivity index (χ1v) is 11.7. The molecule has 1 aliphatic rings. The number of amides is 2. The van der Waals surface area contributed by atoms with E-state index >= 15 is 0 Å². The molecule has 0 saturated heterocycles. The molecule has 0 aromatic heterocycles. The van der Waals surface area contributed by atoms with Gasteiger partial charge in [0.2, 0.25) is 11.8 Å². The lowest BCUT2D eigenvalue weighted by Gasteiger charge is -2.19. The Bertz CT molecular complexity index is 1100. The van der Waals surface area contributed by atoms with Gasteiger partial charge in [0.1, 0.15) is 0 Å². The smallest absolute Gasteiger partial charge is 0.225 e. The van der Waals surface area contributed by atoms with Gasteiger partial charge in [0.05, 0.1) is 16.3 Å². The molecule has 0 fully saturated rings. The molecule has 8 heteroatoms. The van der Waals surface area contributed by atoms with Crippen LogP contribution in [0.1, 0.15) is 30.0 Å². The lowest BCUT2D eigenvalue weighted by atomic mass is 10.1. The summed E-state index contributed by atoms with van der Waals surface area (Å²) >= 11 is 3.36. The summed E-state index contributed by atoms with van der Waals surface area (Å²) < 4.78 is 26.7. The van der Waals surface area contributed by atoms with Crippen LogP contribution in [0.3, 0.4) is 0 Å². The second-order valence-corrected chi connectivity index (χ2v) is 10.3. The van der Waals surface area contributed by atoms with E-state index in [1.807, 2.05) is 38.1 Å². The number of halogens is 1. The van der Waals surface area contributed by atoms with Crippen LogP contribution in [0.25, 0.3) is 0 Å². The standard InChI is InChI=1S/C21H23BrN2O4S/c1-13-4-5-18(14(2)10-13)23-20(26)7-9-29(27,28)19-12-17(22)11-16-6-8-24(15(3)25)21(16)19/h4-5,10-12H,6-9H2,1-3H3,(H,23,26). The van der Waals surface area contributed by atoms with Crippen molar-refractivity contribution in [3.05, 3.63) is 51.5 Å². The first kappa shape index (κ1) is 21.5. The maximum atomic E-state index is 13.0. The van der Waals surface area contributed by atoms with Gasteiger partial charge in [0.25, 0.3) is 0 Å². The van der Waals surface area contributed by atoms with Crippen LogP contribution in [0, 0.1) is 13.8 Å². The van der Waals surface area contributed by atoms with Crippen LogP contribution in [0.2, 0.25) is 0 Å². The van der Waals surface area contributed by atoms with Crippen LogP contribution in [-0.4, -0.2) is 32.5 Å². The highest BCUT2D eigenvalue weighted by Gasteiger charge is 2.31. The summed E-state index contributed by atoms with van der Waals surface area (Å²) in [5.41, 5.74) is 3.93. The van der Waals surface area contributed by atoms with Crippen molar-refractivity contribution in [1.29, 1.82) is 0 Å². The molecule has 0 saturated carbocycles. The predicted octanol–water partition coefficient (Wildman–Crippen LogP) is 3.78. The van der Waals surface area contributed by atoms with Crippen molar-refractivity contribution >= 4 is 49.0 Å². The predicted molar refractivity (Wildman–Crippen MR) is 117 cm³/mol. The van der Waals surface area contributed by atoms with Crippen LogP contribution in [0.15, 0.2) is 39.7 Å². The summed E-state index contributed by atoms with van der Waals surface area (Å²) in [6.07, 6.45) is 0.432. The number of rotatable bonds is 5. The average Bonchev–Trinajstić information content (AvgIpc) is 3.05. The van der Waals surface area contributed by atoms with E-state index in [9.17, 15) is 18.0 Å². The van der Waals surface area contributed by atoms with E-state index in [4.69, 9.17) is 0 Å². The molecule has 2 aromatic rings. The zero-order valence-electron chi connectivity index (χ0n) is 16.6. The molecular weight excluding hydrogens is 456 g/mol. The van der Waals surface area contributed by atoms with Crippen LogP contribution in [0.4, 0.5) is 11.4 Å². The molecule has 29 heavy (non-hydrogen) atoms. The fourth-order valence-electron chi connectivity index (χ4n) is 3.52. The number of anilines is 2. The summed E-state index contributed by atoms with van der Waals surface area (Å²) in [5, 5.41) is 2.78. The molecule has 0 unspecified atom stereocenters. The molecule has 1 N–H and O–H groups in total. The van der Waals surface area contributed by atoms with Crippen LogP contribution in [-0.2, 0) is 25.8 Å². The molecule has 1 heterocycles. The van der Waals surface area contributed by atoms with Gasteiger partial charge in [0.15, 0.2) is 9.84 Å². The topological polar surface area (TPSA) is 83.6 Å². The number of nitrogens with one attached hydrogen (secondary N) is 1. The molecular formula is C21H23BrN2O4S. The third-order valence-corrected chi connectivity index (χ3v) is 7.14. The quantitative estimate of drug-likeness (QED) is 0.708. The highest BCUT2D eigenvalue weighted by atomic mass is 79.9. The Hall–Kier alpha value is -2.19. The van der Waals surface area contributed by atoms with Crippen molar-refractivity contribution in [3.8, 4) is 0 Å². The first-order valence-electron chi connectivity index (χ1n) is 9.29. The normalized spacial score (nSPS) is 13.3. The van der Waals surface area contributed by atoms with Crippen LogP contribution >= 0.6 is 15.9 Å². The summed E-state index contributed by atoms with van der Waals surface area (Å²) in [6.45, 7) is 5.73. The van der Waals surface area contributed by atoms with E-state index in [1.165, 1.54) is 17.9 Å². The Morgan fingerprint density at radius 2 is 1.90 bits per heavy atom. The number of carbonyl (C=O) groups excluding carboxylic acids is 2. The van der Waals surface area contributed by atoms with E-state index in [2.05, 4.69) is 21.2 Å². The van der Waals surface area contributed by atoms with Crippen molar-refractivity contribution in [2.75, 3.05) is 22.5 Å². The minimum Gasteiger partial charge on any atom is -0.326 e. The fourth-order valence-corrected chi connectivity index (χ4v) is 5.70. The molecule has 1 aliphatic heterocycles. The Morgan fingerprint density at radius 1 is 1.17 bits per heavy atom. The minimum absolute atomic E-state index is 0.0916. The van der Waals surface area contributed by atoms with Gasteiger partial charge in [-0.05, 0) is 49.6 Å². The Kier molecular flexibility index (Phi) is 6.14. The monoisotopic (exact) mass is 478 g/mol. The molecule has 2 aromatic carbocycles. The third kappa shape index (κ3) is 4.70. The summed E-state index contributed by atoms with van der Waals surface area (Å²) in [6, 6.07) is 9.00. The number of hydrogen-bond acceptors (Lipinski definition) is 4. The van der Waals surface area contributed by atoms with Crippen molar-refractivity contribution < 1.29 is 18.0 Å². The van der Waals surface area contributed by atoms with E-state index in [0.717, 1.165) is 16.7 Å². The number of carbonyl (C=O) groups is 2. The summed E-state index contributed by atoms with van der Waals surface area (Å²) in [7, 11) is -3.76. The zero-order chi connectivity index (χ0) is 21.3. The number of aryl methyl sites for hydroxylation is 2. The van der Waals surface area contributed by atoms with E-state index < -0.39 is 9.84 Å². The fraction of sp³-hybridized carbons (Fsp3) is 0.333. The van der Waals surface area contributed by atoms with Crippen molar-refractivity contribution in [3.63, 3.8) is 0 Å². The zero-order valence-corrected chi connectivity index (χ0v) is 19.0. The van der Waals surface area contributed by atoms with E-state index in [-0.39, 0.29) is 28.9 Å². The van der Waals surface area contributed by atoms with Crippen molar-refractivity contribution in [2.45, 2.75) is 38.5 Å². The molecule has 2 amide bonds. The molecule has 0 spiro atoms. The molecule has 0 atom stereocenters. The molecule has 0 aliphatic carbocycles. The largest absolute Gasteiger partial charge is 0.326 e. The number of nitrogens with zero attached hydrogens (tertiary/aromatic N) is 1. The lowest BCUT2D eigenvalue weighted by Crippen LogP contribution is -2.27. The van der Waals surface area contributed by atoms with Gasteiger partial charge in [-0.1, -0.05) is 33.6 Å². The molecule has 154 valence electrons. The van der Waals surface area contributed by atoms with Crippen LogP contribution in [0.5, 0.6) is 0 Å². The van der Waals surface area contributed by atoms with E-state index in [0.29, 0.717) is 28.8 Å². The van der Waals surface area contributed by atoms with Gasteiger partial charge >= 0.3 is 0 Å². The van der Waals surface area contributed by atoms with E-state index in [1.54, 1.807) is 0 Å². The van der Waals surface area contributed by atoms with Gasteiger partial charge in [-0.3, -0.25) is 9.59 Å². The second-order valence-electron chi connectivity index (χ2n) is 7.27. The van der Waals surface area contributed by atoms with Gasteiger partial charge in [-0.25, -0.2) is 8.42 Å². The minimum atomic E-state index is -3.76. The molecule has 0 bridgehead atoms.